The zero-order valence-corrected chi connectivity index (χ0v) is 18.2. The SMILES string of the molecule is CCN(CC)C(=O)Cn1ccc2cc(NC(=O)N(C)Cc3ccccc3C)ccc21. The molecule has 2 aromatic carbocycles. The number of rotatable bonds is 7. The minimum atomic E-state index is -0.159. The Labute approximate surface area is 178 Å². The first-order chi connectivity index (χ1) is 14.4. The number of nitrogens with zero attached hydrogens (tertiary/aromatic N) is 3. The molecule has 30 heavy (non-hydrogen) atoms. The summed E-state index contributed by atoms with van der Waals surface area (Å²) in [4.78, 5) is 28.5. The summed E-state index contributed by atoms with van der Waals surface area (Å²) >= 11 is 0. The standard InChI is InChI=1S/C24H30N4O2/c1-5-27(6-2)23(29)17-28-14-13-19-15-21(11-12-22(19)28)25-24(30)26(4)16-20-10-8-7-9-18(20)3/h7-15H,5-6,16-17H2,1-4H3,(H,25,30). The van der Waals surface area contributed by atoms with Crippen LogP contribution < -0.4 is 5.32 Å². The van der Waals surface area contributed by atoms with Gasteiger partial charge in [-0.15, -0.1) is 0 Å². The van der Waals surface area contributed by atoms with Gasteiger partial charge in [-0.05, 0) is 56.2 Å². The molecule has 0 unspecified atom stereocenters. The van der Waals surface area contributed by atoms with Crippen molar-refractivity contribution in [3.8, 4) is 0 Å². The summed E-state index contributed by atoms with van der Waals surface area (Å²) in [6.07, 6.45) is 1.92. The first kappa shape index (κ1) is 21.4. The maximum absolute atomic E-state index is 12.6. The molecule has 158 valence electrons. The Kier molecular flexibility index (Phi) is 6.77. The summed E-state index contributed by atoms with van der Waals surface area (Å²) in [5.41, 5.74) is 4.00. The van der Waals surface area contributed by atoms with Gasteiger partial charge in [-0.3, -0.25) is 4.79 Å². The molecule has 0 atom stereocenters. The lowest BCUT2D eigenvalue weighted by atomic mass is 10.1. The lowest BCUT2D eigenvalue weighted by Gasteiger charge is -2.20. The highest BCUT2D eigenvalue weighted by Crippen LogP contribution is 2.21. The number of likely N-dealkylation sites (N-methyl/N-ethyl adjacent to an activating group) is 1. The van der Waals surface area contributed by atoms with Crippen molar-refractivity contribution in [1.82, 2.24) is 14.4 Å². The Balaban J connectivity index is 1.68. The third kappa shape index (κ3) is 4.82. The van der Waals surface area contributed by atoms with E-state index in [9.17, 15) is 9.59 Å². The van der Waals surface area contributed by atoms with Crippen LogP contribution in [-0.2, 0) is 17.9 Å². The van der Waals surface area contributed by atoms with E-state index in [0.29, 0.717) is 26.2 Å². The Hall–Kier alpha value is -3.28. The molecule has 0 fully saturated rings. The molecule has 0 saturated carbocycles. The molecule has 6 heteroatoms. The summed E-state index contributed by atoms with van der Waals surface area (Å²) < 4.78 is 1.95. The maximum atomic E-state index is 12.6. The van der Waals surface area contributed by atoms with E-state index in [1.54, 1.807) is 11.9 Å². The number of fused-ring (bicyclic) bond motifs is 1. The topological polar surface area (TPSA) is 57.6 Å². The zero-order valence-electron chi connectivity index (χ0n) is 18.2. The lowest BCUT2D eigenvalue weighted by Crippen LogP contribution is -2.33. The fraction of sp³-hybridized carbons (Fsp3) is 0.333. The maximum Gasteiger partial charge on any atom is 0.321 e. The number of urea groups is 1. The van der Waals surface area contributed by atoms with Gasteiger partial charge in [-0.2, -0.15) is 0 Å². The summed E-state index contributed by atoms with van der Waals surface area (Å²) in [6, 6.07) is 15.6. The molecule has 0 saturated heterocycles. The van der Waals surface area contributed by atoms with Crippen molar-refractivity contribution in [2.75, 3.05) is 25.5 Å². The summed E-state index contributed by atoms with van der Waals surface area (Å²) in [5, 5.41) is 3.95. The molecule has 3 aromatic rings. The average molecular weight is 407 g/mol. The van der Waals surface area contributed by atoms with Crippen molar-refractivity contribution in [1.29, 1.82) is 0 Å². The van der Waals surface area contributed by atoms with Crippen molar-refractivity contribution in [3.05, 3.63) is 65.9 Å². The largest absolute Gasteiger partial charge is 0.342 e. The van der Waals surface area contributed by atoms with Crippen LogP contribution in [0.2, 0.25) is 0 Å². The Morgan fingerprint density at radius 2 is 1.77 bits per heavy atom. The second kappa shape index (κ2) is 9.48. The van der Waals surface area contributed by atoms with Crippen molar-refractivity contribution in [2.45, 2.75) is 33.9 Å². The number of hydrogen-bond donors (Lipinski definition) is 1. The van der Waals surface area contributed by atoms with Crippen LogP contribution in [0.5, 0.6) is 0 Å². The minimum Gasteiger partial charge on any atom is -0.342 e. The van der Waals surface area contributed by atoms with Gasteiger partial charge in [0, 0.05) is 49.5 Å². The number of aromatic nitrogens is 1. The Morgan fingerprint density at radius 1 is 1.03 bits per heavy atom. The highest BCUT2D eigenvalue weighted by Gasteiger charge is 2.14. The highest BCUT2D eigenvalue weighted by atomic mass is 16.2. The molecule has 0 bridgehead atoms. The fourth-order valence-corrected chi connectivity index (χ4v) is 3.57. The molecular weight excluding hydrogens is 376 g/mol. The molecule has 1 aromatic heterocycles. The third-order valence-electron chi connectivity index (χ3n) is 5.46. The van der Waals surface area contributed by atoms with E-state index >= 15 is 0 Å². The van der Waals surface area contributed by atoms with Crippen molar-refractivity contribution in [3.63, 3.8) is 0 Å². The molecule has 1 heterocycles. The van der Waals surface area contributed by atoms with E-state index in [0.717, 1.165) is 22.2 Å². The monoisotopic (exact) mass is 406 g/mol. The number of hydrogen-bond acceptors (Lipinski definition) is 2. The van der Waals surface area contributed by atoms with Crippen molar-refractivity contribution in [2.24, 2.45) is 0 Å². The Morgan fingerprint density at radius 3 is 2.47 bits per heavy atom. The summed E-state index contributed by atoms with van der Waals surface area (Å²) in [5.74, 6) is 0.104. The fourth-order valence-electron chi connectivity index (χ4n) is 3.57. The molecule has 3 amide bonds. The molecular formula is C24H30N4O2. The molecule has 1 N–H and O–H groups in total. The quantitative estimate of drug-likeness (QED) is 0.629. The van der Waals surface area contributed by atoms with Crippen LogP contribution in [-0.4, -0.2) is 46.4 Å². The smallest absolute Gasteiger partial charge is 0.321 e. The van der Waals surface area contributed by atoms with E-state index in [-0.39, 0.29) is 11.9 Å². The van der Waals surface area contributed by atoms with Gasteiger partial charge in [-0.1, -0.05) is 24.3 Å². The number of aryl methyl sites for hydroxylation is 1. The highest BCUT2D eigenvalue weighted by molar-refractivity contribution is 5.93. The summed E-state index contributed by atoms with van der Waals surface area (Å²) in [7, 11) is 1.79. The van der Waals surface area contributed by atoms with Gasteiger partial charge in [0.05, 0.1) is 0 Å². The Bertz CT molecular complexity index is 1040. The zero-order chi connectivity index (χ0) is 21.7. The molecule has 0 radical (unpaired) electrons. The predicted molar refractivity (Wildman–Crippen MR) is 122 cm³/mol. The minimum absolute atomic E-state index is 0.104. The van der Waals surface area contributed by atoms with Crippen LogP contribution in [0.4, 0.5) is 10.5 Å². The molecule has 0 aliphatic rings. The first-order valence-corrected chi connectivity index (χ1v) is 10.4. The number of amides is 3. The van der Waals surface area contributed by atoms with E-state index in [1.807, 2.05) is 85.0 Å². The van der Waals surface area contributed by atoms with Crippen LogP contribution in [0.1, 0.15) is 25.0 Å². The molecule has 0 aliphatic heterocycles. The second-order valence-corrected chi connectivity index (χ2v) is 7.50. The van der Waals surface area contributed by atoms with Gasteiger partial charge in [0.2, 0.25) is 5.91 Å². The van der Waals surface area contributed by atoms with Crippen LogP contribution in [0.25, 0.3) is 10.9 Å². The van der Waals surface area contributed by atoms with Gasteiger partial charge in [-0.25, -0.2) is 4.79 Å². The number of anilines is 1. The van der Waals surface area contributed by atoms with Crippen LogP contribution >= 0.6 is 0 Å². The molecule has 0 spiro atoms. The summed E-state index contributed by atoms with van der Waals surface area (Å²) in [6.45, 7) is 8.30. The molecule has 6 nitrogen and oxygen atoms in total. The van der Waals surface area contributed by atoms with Crippen LogP contribution in [0, 0.1) is 6.92 Å². The third-order valence-corrected chi connectivity index (χ3v) is 5.46. The van der Waals surface area contributed by atoms with E-state index in [4.69, 9.17) is 0 Å². The average Bonchev–Trinajstić information content (AvgIpc) is 3.12. The molecule has 3 rings (SSSR count). The van der Waals surface area contributed by atoms with Crippen molar-refractivity contribution < 1.29 is 9.59 Å². The van der Waals surface area contributed by atoms with Crippen LogP contribution in [0.15, 0.2) is 54.7 Å². The number of benzene rings is 2. The van der Waals surface area contributed by atoms with Gasteiger partial charge in [0.25, 0.3) is 0 Å². The van der Waals surface area contributed by atoms with Gasteiger partial charge in [0.1, 0.15) is 6.54 Å². The van der Waals surface area contributed by atoms with E-state index in [2.05, 4.69) is 5.32 Å². The second-order valence-electron chi connectivity index (χ2n) is 7.50. The van der Waals surface area contributed by atoms with E-state index < -0.39 is 0 Å². The van der Waals surface area contributed by atoms with Gasteiger partial charge >= 0.3 is 6.03 Å². The van der Waals surface area contributed by atoms with Crippen molar-refractivity contribution >= 4 is 28.5 Å². The number of nitrogens with one attached hydrogen (secondary N) is 1. The lowest BCUT2D eigenvalue weighted by molar-refractivity contribution is -0.131. The number of carbonyl (C=O) groups excluding carboxylic acids is 2. The van der Waals surface area contributed by atoms with E-state index in [1.165, 1.54) is 5.56 Å². The van der Waals surface area contributed by atoms with Gasteiger partial charge in [0.15, 0.2) is 0 Å². The van der Waals surface area contributed by atoms with Gasteiger partial charge < -0.3 is 19.7 Å². The molecule has 0 aliphatic carbocycles. The number of carbonyl (C=O) groups is 2. The van der Waals surface area contributed by atoms with Crippen LogP contribution in [0.3, 0.4) is 0 Å². The normalized spacial score (nSPS) is 10.8. The predicted octanol–water partition coefficient (Wildman–Crippen LogP) is 4.48. The first-order valence-electron chi connectivity index (χ1n) is 10.4.